The van der Waals surface area contributed by atoms with Crippen LogP contribution >= 0.6 is 0 Å². The minimum absolute atomic E-state index is 0.111. The van der Waals surface area contributed by atoms with Gasteiger partial charge in [0.2, 0.25) is 0 Å². The maximum absolute atomic E-state index is 12.2. The molecule has 2 amide bonds. The molecule has 2 rings (SSSR count). The van der Waals surface area contributed by atoms with Gasteiger partial charge >= 0.3 is 0 Å². The zero-order chi connectivity index (χ0) is 18.8. The first-order valence-corrected chi connectivity index (χ1v) is 8.91. The number of benzene rings is 2. The lowest BCUT2D eigenvalue weighted by molar-refractivity contribution is 0.0941. The summed E-state index contributed by atoms with van der Waals surface area (Å²) in [6.07, 6.45) is 1.70. The topological polar surface area (TPSA) is 61.4 Å². The van der Waals surface area contributed by atoms with Gasteiger partial charge in [-0.05, 0) is 63.3 Å². The van der Waals surface area contributed by atoms with Crippen LogP contribution < -0.4 is 10.6 Å². The van der Waals surface area contributed by atoms with Gasteiger partial charge in [0.25, 0.3) is 11.8 Å². The van der Waals surface area contributed by atoms with Crippen molar-refractivity contribution in [2.75, 3.05) is 33.7 Å². The molecule has 0 saturated heterocycles. The van der Waals surface area contributed by atoms with Gasteiger partial charge in [-0.1, -0.05) is 30.3 Å². The quantitative estimate of drug-likeness (QED) is 0.680. The van der Waals surface area contributed by atoms with Crippen molar-refractivity contribution in [3.8, 4) is 0 Å². The lowest BCUT2D eigenvalue weighted by atomic mass is 10.1. The monoisotopic (exact) mass is 353 g/mol. The summed E-state index contributed by atoms with van der Waals surface area (Å²) in [5.41, 5.74) is 2.31. The molecule has 0 aromatic heterocycles. The first-order chi connectivity index (χ1) is 12.6. The fourth-order valence-electron chi connectivity index (χ4n) is 2.54. The molecule has 2 N–H and O–H groups in total. The fourth-order valence-corrected chi connectivity index (χ4v) is 2.54. The highest BCUT2D eigenvalue weighted by molar-refractivity contribution is 5.97. The van der Waals surface area contributed by atoms with E-state index < -0.39 is 0 Å². The summed E-state index contributed by atoms with van der Waals surface area (Å²) in [6.45, 7) is 2.15. The Kier molecular flexibility index (Phi) is 7.83. The van der Waals surface area contributed by atoms with Crippen molar-refractivity contribution in [1.29, 1.82) is 0 Å². The zero-order valence-electron chi connectivity index (χ0n) is 15.5. The molecule has 0 heterocycles. The highest BCUT2D eigenvalue weighted by Crippen LogP contribution is 2.05. The smallest absolute Gasteiger partial charge is 0.251 e. The van der Waals surface area contributed by atoms with Crippen molar-refractivity contribution < 1.29 is 9.59 Å². The van der Waals surface area contributed by atoms with Gasteiger partial charge in [0.15, 0.2) is 0 Å². The minimum Gasteiger partial charge on any atom is -0.352 e. The summed E-state index contributed by atoms with van der Waals surface area (Å²) in [6, 6.07) is 16.8. The average Bonchev–Trinajstić information content (AvgIpc) is 2.66. The summed E-state index contributed by atoms with van der Waals surface area (Å²) in [4.78, 5) is 26.3. The second-order valence-electron chi connectivity index (χ2n) is 6.48. The van der Waals surface area contributed by atoms with Crippen LogP contribution in [0.25, 0.3) is 0 Å². The number of nitrogens with one attached hydrogen (secondary N) is 2. The van der Waals surface area contributed by atoms with Crippen molar-refractivity contribution in [2.45, 2.75) is 12.8 Å². The molecule has 0 atom stereocenters. The number of hydrogen-bond donors (Lipinski definition) is 2. The lowest BCUT2D eigenvalue weighted by Gasteiger charge is -2.10. The molecular weight excluding hydrogens is 326 g/mol. The van der Waals surface area contributed by atoms with Gasteiger partial charge in [0.1, 0.15) is 0 Å². The average molecular weight is 353 g/mol. The van der Waals surface area contributed by atoms with Crippen molar-refractivity contribution in [2.24, 2.45) is 0 Å². The van der Waals surface area contributed by atoms with E-state index in [2.05, 4.69) is 15.5 Å². The number of rotatable bonds is 9. The summed E-state index contributed by atoms with van der Waals surface area (Å²) < 4.78 is 0. The van der Waals surface area contributed by atoms with Gasteiger partial charge in [-0.15, -0.1) is 0 Å². The van der Waals surface area contributed by atoms with E-state index in [9.17, 15) is 9.59 Å². The Hall–Kier alpha value is -2.66. The van der Waals surface area contributed by atoms with Crippen molar-refractivity contribution >= 4 is 11.8 Å². The molecule has 0 radical (unpaired) electrons. The first-order valence-electron chi connectivity index (χ1n) is 8.91. The number of carbonyl (C=O) groups excluding carboxylic acids is 2. The van der Waals surface area contributed by atoms with Crippen molar-refractivity contribution in [3.05, 3.63) is 71.3 Å². The predicted octanol–water partition coefficient (Wildman–Crippen LogP) is 2.34. The van der Waals surface area contributed by atoms with Crippen LogP contribution in [0.15, 0.2) is 54.6 Å². The van der Waals surface area contributed by atoms with E-state index in [1.165, 1.54) is 5.56 Å². The molecule has 0 aliphatic heterocycles. The van der Waals surface area contributed by atoms with E-state index in [-0.39, 0.29) is 11.8 Å². The molecular formula is C21H27N3O2. The highest BCUT2D eigenvalue weighted by Gasteiger charge is 2.08. The number of amides is 2. The SMILES string of the molecule is CN(C)CCCNC(=O)c1ccc(C(=O)NCCc2ccccc2)cc1. The van der Waals surface area contributed by atoms with Gasteiger partial charge in [0, 0.05) is 24.2 Å². The Morgan fingerprint density at radius 1 is 0.808 bits per heavy atom. The van der Waals surface area contributed by atoms with E-state index >= 15 is 0 Å². The molecule has 0 unspecified atom stereocenters. The third-order valence-corrected chi connectivity index (χ3v) is 4.02. The molecule has 0 spiro atoms. The van der Waals surface area contributed by atoms with Crippen LogP contribution in [0.4, 0.5) is 0 Å². The molecule has 2 aromatic rings. The van der Waals surface area contributed by atoms with Crippen LogP contribution in [0.2, 0.25) is 0 Å². The van der Waals surface area contributed by atoms with E-state index in [0.29, 0.717) is 24.2 Å². The highest BCUT2D eigenvalue weighted by atomic mass is 16.2. The van der Waals surface area contributed by atoms with Crippen LogP contribution in [-0.4, -0.2) is 50.4 Å². The Bertz CT molecular complexity index is 697. The van der Waals surface area contributed by atoms with E-state index in [1.807, 2.05) is 44.4 Å². The summed E-state index contributed by atoms with van der Waals surface area (Å²) >= 11 is 0. The molecule has 0 bridgehead atoms. The molecule has 2 aromatic carbocycles. The third kappa shape index (κ3) is 6.69. The molecule has 0 aliphatic rings. The van der Waals surface area contributed by atoms with Gasteiger partial charge in [-0.3, -0.25) is 9.59 Å². The van der Waals surface area contributed by atoms with Gasteiger partial charge in [-0.2, -0.15) is 0 Å². The van der Waals surface area contributed by atoms with Gasteiger partial charge in [-0.25, -0.2) is 0 Å². The number of hydrogen-bond acceptors (Lipinski definition) is 3. The van der Waals surface area contributed by atoms with Crippen LogP contribution in [0, 0.1) is 0 Å². The Morgan fingerprint density at radius 3 is 1.88 bits per heavy atom. The van der Waals surface area contributed by atoms with Crippen LogP contribution in [-0.2, 0) is 6.42 Å². The lowest BCUT2D eigenvalue weighted by Crippen LogP contribution is -2.27. The molecule has 5 heteroatoms. The van der Waals surface area contributed by atoms with Crippen molar-refractivity contribution in [1.82, 2.24) is 15.5 Å². The second kappa shape index (κ2) is 10.4. The van der Waals surface area contributed by atoms with Gasteiger partial charge in [0.05, 0.1) is 0 Å². The molecule has 5 nitrogen and oxygen atoms in total. The maximum atomic E-state index is 12.2. The van der Waals surface area contributed by atoms with Gasteiger partial charge < -0.3 is 15.5 Å². The van der Waals surface area contributed by atoms with E-state index in [0.717, 1.165) is 19.4 Å². The normalized spacial score (nSPS) is 10.6. The summed E-state index contributed by atoms with van der Waals surface area (Å²) in [5, 5.41) is 5.79. The number of carbonyl (C=O) groups is 2. The Morgan fingerprint density at radius 2 is 1.35 bits per heavy atom. The molecule has 0 fully saturated rings. The maximum Gasteiger partial charge on any atom is 0.251 e. The van der Waals surface area contributed by atoms with E-state index in [4.69, 9.17) is 0 Å². The van der Waals surface area contributed by atoms with Crippen molar-refractivity contribution in [3.63, 3.8) is 0 Å². The molecule has 0 aliphatic carbocycles. The van der Waals surface area contributed by atoms with Crippen LogP contribution in [0.3, 0.4) is 0 Å². The molecule has 26 heavy (non-hydrogen) atoms. The Balaban J connectivity index is 1.76. The third-order valence-electron chi connectivity index (χ3n) is 4.02. The number of nitrogens with zero attached hydrogens (tertiary/aromatic N) is 1. The zero-order valence-corrected chi connectivity index (χ0v) is 15.5. The largest absolute Gasteiger partial charge is 0.352 e. The predicted molar refractivity (Wildman–Crippen MR) is 104 cm³/mol. The first kappa shape index (κ1) is 19.7. The minimum atomic E-state index is -0.126. The molecule has 0 saturated carbocycles. The standard InChI is InChI=1S/C21H27N3O2/c1-24(2)16-6-14-22-20(25)18-9-11-19(12-10-18)21(26)23-15-13-17-7-4-3-5-8-17/h3-5,7-12H,6,13-16H2,1-2H3,(H,22,25)(H,23,26). The fraction of sp³-hybridized carbons (Fsp3) is 0.333. The Labute approximate surface area is 155 Å². The summed E-state index contributed by atoms with van der Waals surface area (Å²) in [5.74, 6) is -0.237. The van der Waals surface area contributed by atoms with Crippen LogP contribution in [0.5, 0.6) is 0 Å². The second-order valence-corrected chi connectivity index (χ2v) is 6.48. The van der Waals surface area contributed by atoms with E-state index in [1.54, 1.807) is 24.3 Å². The summed E-state index contributed by atoms with van der Waals surface area (Å²) in [7, 11) is 4.01. The molecule has 138 valence electrons. The van der Waals surface area contributed by atoms with Crippen LogP contribution in [0.1, 0.15) is 32.7 Å².